The molecule has 0 aromatic heterocycles. The summed E-state index contributed by atoms with van der Waals surface area (Å²) in [5.41, 5.74) is 19.8. The Kier molecular flexibility index (Phi) is 4.47. The highest BCUT2D eigenvalue weighted by molar-refractivity contribution is 5.85. The van der Waals surface area contributed by atoms with E-state index < -0.39 is 0 Å². The number of anilines is 2. The highest BCUT2D eigenvalue weighted by atomic mass is 35.5. The molecule has 0 aliphatic rings. The summed E-state index contributed by atoms with van der Waals surface area (Å²) in [6.45, 7) is 0. The lowest BCUT2D eigenvalue weighted by Crippen LogP contribution is -2.23. The third-order valence-corrected chi connectivity index (χ3v) is 1.22. The quantitative estimate of drug-likeness (QED) is 0.239. The Labute approximate surface area is 82.4 Å². The summed E-state index contributed by atoms with van der Waals surface area (Å²) in [6, 6.07) is 7.07. The average Bonchev–Trinajstić information content (AvgIpc) is 2.03. The van der Waals surface area contributed by atoms with Crippen LogP contribution in [0.4, 0.5) is 11.4 Å². The summed E-state index contributed by atoms with van der Waals surface area (Å²) in [4.78, 5) is 0. The van der Waals surface area contributed by atoms with E-state index in [2.05, 4.69) is 10.5 Å². The molecule has 0 amide bonds. The fraction of sp³-hybridized carbons (Fsp3) is 0. The third-order valence-electron chi connectivity index (χ3n) is 1.22. The predicted molar refractivity (Wildman–Crippen MR) is 57.5 cm³/mol. The maximum atomic E-state index is 5.47. The fourth-order valence-corrected chi connectivity index (χ4v) is 0.687. The van der Waals surface area contributed by atoms with Gasteiger partial charge in [-0.25, -0.2) is 0 Å². The van der Waals surface area contributed by atoms with Crippen molar-refractivity contribution >= 4 is 29.7 Å². The molecular weight excluding hydrogens is 190 g/mol. The van der Waals surface area contributed by atoms with E-state index in [1.54, 1.807) is 24.3 Å². The van der Waals surface area contributed by atoms with E-state index in [-0.39, 0.29) is 18.4 Å². The summed E-state index contributed by atoms with van der Waals surface area (Å²) in [5, 5.41) is 3.61. The van der Waals surface area contributed by atoms with Gasteiger partial charge in [-0.1, -0.05) is 0 Å². The summed E-state index contributed by atoms with van der Waals surface area (Å²) in [6.07, 6.45) is 0. The number of guanidine groups is 1. The molecule has 0 fully saturated rings. The first-order chi connectivity index (χ1) is 5.68. The van der Waals surface area contributed by atoms with Crippen LogP contribution in [0.25, 0.3) is 0 Å². The highest BCUT2D eigenvalue weighted by Gasteiger charge is 1.88. The molecule has 0 saturated carbocycles. The summed E-state index contributed by atoms with van der Waals surface area (Å²) < 4.78 is 0. The molecule has 0 spiro atoms. The van der Waals surface area contributed by atoms with E-state index in [0.717, 1.165) is 5.69 Å². The first-order valence-electron chi connectivity index (χ1n) is 3.38. The summed E-state index contributed by atoms with van der Waals surface area (Å²) in [7, 11) is 0. The molecule has 0 bridgehead atoms. The monoisotopic (exact) mass is 201 g/mol. The number of hydrogen-bond donors (Lipinski definition) is 4. The minimum absolute atomic E-state index is 0. The van der Waals surface area contributed by atoms with E-state index >= 15 is 0 Å². The van der Waals surface area contributed by atoms with E-state index in [4.69, 9.17) is 17.2 Å². The molecule has 0 radical (unpaired) electrons. The minimum atomic E-state index is -0.00757. The van der Waals surface area contributed by atoms with Gasteiger partial charge in [0.1, 0.15) is 0 Å². The topological polar surface area (TPSA) is 102 Å². The largest absolute Gasteiger partial charge is 0.399 e. The molecule has 13 heavy (non-hydrogen) atoms. The molecular formula is C7H12ClN5. The van der Waals surface area contributed by atoms with Gasteiger partial charge in [-0.15, -0.1) is 17.5 Å². The van der Waals surface area contributed by atoms with Crippen molar-refractivity contribution in [1.82, 2.24) is 0 Å². The molecule has 6 heteroatoms. The number of nitrogen functional groups attached to an aromatic ring is 1. The van der Waals surface area contributed by atoms with Crippen molar-refractivity contribution in [3.63, 3.8) is 0 Å². The first kappa shape index (κ1) is 11.4. The molecule has 0 saturated heterocycles. The Morgan fingerprint density at radius 1 is 1.15 bits per heavy atom. The van der Waals surface area contributed by atoms with Gasteiger partial charge in [-0.2, -0.15) is 0 Å². The van der Waals surface area contributed by atoms with Crippen molar-refractivity contribution in [3.8, 4) is 0 Å². The van der Waals surface area contributed by atoms with Gasteiger partial charge in [-0.3, -0.25) is 5.43 Å². The maximum Gasteiger partial charge on any atom is 0.208 e. The van der Waals surface area contributed by atoms with E-state index in [0.29, 0.717) is 5.69 Å². The van der Waals surface area contributed by atoms with Gasteiger partial charge >= 0.3 is 0 Å². The molecule has 1 aromatic carbocycles. The molecule has 0 aliphatic heterocycles. The van der Waals surface area contributed by atoms with Gasteiger partial charge in [0.2, 0.25) is 5.96 Å². The Balaban J connectivity index is 0.00000144. The van der Waals surface area contributed by atoms with Crippen LogP contribution < -0.4 is 22.6 Å². The van der Waals surface area contributed by atoms with Crippen molar-refractivity contribution in [2.75, 3.05) is 11.2 Å². The van der Waals surface area contributed by atoms with E-state index in [1.165, 1.54) is 0 Å². The van der Waals surface area contributed by atoms with Gasteiger partial charge in [0.05, 0.1) is 5.69 Å². The van der Waals surface area contributed by atoms with Crippen LogP contribution in [0.2, 0.25) is 0 Å². The molecule has 0 heterocycles. The standard InChI is InChI=1S/C7H11N5.ClH/c8-5-1-3-6(4-2-5)11-12-7(9)10;/h1-4,11H,8H2,(H4,9,10,12);1H. The lowest BCUT2D eigenvalue weighted by atomic mass is 10.3. The van der Waals surface area contributed by atoms with Crippen LogP contribution in [0.1, 0.15) is 0 Å². The Hall–Kier alpha value is -1.62. The Morgan fingerprint density at radius 2 is 1.69 bits per heavy atom. The molecule has 0 unspecified atom stereocenters. The smallest absolute Gasteiger partial charge is 0.208 e. The van der Waals surface area contributed by atoms with Crippen LogP contribution in [0, 0.1) is 0 Å². The number of hydrazone groups is 1. The van der Waals surface area contributed by atoms with Crippen LogP contribution in [0.5, 0.6) is 0 Å². The zero-order valence-electron chi connectivity index (χ0n) is 6.90. The molecule has 72 valence electrons. The SMILES string of the molecule is Cl.NC(N)=NNc1ccc(N)cc1. The van der Waals surface area contributed by atoms with Gasteiger partial charge in [0, 0.05) is 5.69 Å². The Bertz CT molecular complexity index is 277. The lowest BCUT2D eigenvalue weighted by Gasteiger charge is -1.99. The zero-order chi connectivity index (χ0) is 8.97. The van der Waals surface area contributed by atoms with E-state index in [9.17, 15) is 0 Å². The Morgan fingerprint density at radius 3 is 2.15 bits per heavy atom. The van der Waals surface area contributed by atoms with Crippen molar-refractivity contribution in [3.05, 3.63) is 24.3 Å². The van der Waals surface area contributed by atoms with Gasteiger partial charge in [0.25, 0.3) is 0 Å². The molecule has 0 aliphatic carbocycles. The lowest BCUT2D eigenvalue weighted by molar-refractivity contribution is 1.29. The van der Waals surface area contributed by atoms with Crippen molar-refractivity contribution < 1.29 is 0 Å². The van der Waals surface area contributed by atoms with Crippen LogP contribution in [-0.2, 0) is 0 Å². The molecule has 0 atom stereocenters. The zero-order valence-corrected chi connectivity index (χ0v) is 7.71. The first-order valence-corrected chi connectivity index (χ1v) is 3.38. The van der Waals surface area contributed by atoms with Crippen molar-refractivity contribution in [1.29, 1.82) is 0 Å². The average molecular weight is 202 g/mol. The van der Waals surface area contributed by atoms with Gasteiger partial charge < -0.3 is 17.2 Å². The van der Waals surface area contributed by atoms with Gasteiger partial charge in [-0.05, 0) is 24.3 Å². The number of nitrogens with two attached hydrogens (primary N) is 3. The number of rotatable bonds is 2. The van der Waals surface area contributed by atoms with Crippen molar-refractivity contribution in [2.45, 2.75) is 0 Å². The van der Waals surface area contributed by atoms with Crippen LogP contribution in [-0.4, -0.2) is 5.96 Å². The minimum Gasteiger partial charge on any atom is -0.399 e. The normalized spacial score (nSPS) is 8.31. The fourth-order valence-electron chi connectivity index (χ4n) is 0.687. The number of nitrogens with zero attached hydrogens (tertiary/aromatic N) is 1. The second-order valence-electron chi connectivity index (χ2n) is 2.27. The molecule has 7 N–H and O–H groups in total. The van der Waals surface area contributed by atoms with Crippen LogP contribution >= 0.6 is 12.4 Å². The second kappa shape index (κ2) is 5.10. The van der Waals surface area contributed by atoms with Crippen LogP contribution in [0.15, 0.2) is 29.4 Å². The number of halogens is 1. The van der Waals surface area contributed by atoms with Crippen molar-refractivity contribution in [2.24, 2.45) is 16.6 Å². The predicted octanol–water partition coefficient (Wildman–Crippen LogP) is 0.291. The number of nitrogens with one attached hydrogen (secondary N) is 1. The second-order valence-corrected chi connectivity index (χ2v) is 2.27. The third kappa shape index (κ3) is 4.07. The number of hydrogen-bond acceptors (Lipinski definition) is 3. The summed E-state index contributed by atoms with van der Waals surface area (Å²) >= 11 is 0. The number of benzene rings is 1. The van der Waals surface area contributed by atoms with Crippen LogP contribution in [0.3, 0.4) is 0 Å². The summed E-state index contributed by atoms with van der Waals surface area (Å²) in [5.74, 6) is -0.00757. The molecule has 1 aromatic rings. The van der Waals surface area contributed by atoms with E-state index in [1.807, 2.05) is 0 Å². The molecule has 5 nitrogen and oxygen atoms in total. The van der Waals surface area contributed by atoms with Gasteiger partial charge in [0.15, 0.2) is 0 Å². The highest BCUT2D eigenvalue weighted by Crippen LogP contribution is 2.09. The maximum absolute atomic E-state index is 5.47. The molecule has 1 rings (SSSR count).